The molecule has 0 aromatic rings. The number of carbonyl (C=O) groups excluding carboxylic acids is 1. The number of amidine groups is 1. The van der Waals surface area contributed by atoms with Crippen molar-refractivity contribution in [2.45, 2.75) is 20.3 Å². The Morgan fingerprint density at radius 3 is 2.20 bits per heavy atom. The molecule has 1 rings (SSSR count). The molecule has 0 radical (unpaired) electrons. The number of aliphatic imine (C=N–C) groups is 2. The molecule has 0 fully saturated rings. The molecule has 0 aromatic carbocycles. The first-order chi connectivity index (χ1) is 6.00. The summed E-state index contributed by atoms with van der Waals surface area (Å²) in [6.07, 6.45) is 0.401. The van der Waals surface area contributed by atoms with Gasteiger partial charge in [0.1, 0.15) is 0 Å². The monoisotopic (exact) mass is 228 g/mol. The van der Waals surface area contributed by atoms with Crippen LogP contribution < -0.4 is 69.3 Å². The van der Waals surface area contributed by atoms with Crippen molar-refractivity contribution in [1.29, 1.82) is 0 Å². The summed E-state index contributed by atoms with van der Waals surface area (Å²) in [5.41, 5.74) is 0. The molecular weight excluding hydrogens is 218 g/mol. The smallest absolute Gasteiger partial charge is 0.861 e. The second-order valence-corrected chi connectivity index (χ2v) is 3.36. The predicted octanol–water partition coefficient (Wildman–Crippen LogP) is -7.33. The van der Waals surface area contributed by atoms with Gasteiger partial charge in [0.2, 0.25) is 0 Å². The van der Waals surface area contributed by atoms with Crippen LogP contribution in [0.2, 0.25) is 0 Å². The van der Waals surface area contributed by atoms with Crippen molar-refractivity contribution in [3.8, 4) is 0 Å². The van der Waals surface area contributed by atoms with Gasteiger partial charge in [-0.05, 0) is 18.2 Å². The molecule has 0 N–H and O–H groups in total. The first-order valence-electron chi connectivity index (χ1n) is 4.06. The molecule has 1 aliphatic rings. The van der Waals surface area contributed by atoms with Crippen molar-refractivity contribution in [2.24, 2.45) is 21.8 Å². The Bertz CT molecular complexity index is 290. The zero-order chi connectivity index (χ0) is 10.0. The molecule has 0 spiro atoms. The van der Waals surface area contributed by atoms with Gasteiger partial charge in [-0.2, -0.15) is 0 Å². The van der Waals surface area contributed by atoms with E-state index in [1.54, 1.807) is 0 Å². The van der Waals surface area contributed by atoms with Gasteiger partial charge < -0.3 is 10.2 Å². The zero-order valence-electron chi connectivity index (χ0n) is 9.48. The van der Waals surface area contributed by atoms with Crippen molar-refractivity contribution < 1.29 is 74.1 Å². The van der Waals surface area contributed by atoms with Crippen LogP contribution >= 0.6 is 0 Å². The molecule has 1 aliphatic heterocycles. The summed E-state index contributed by atoms with van der Waals surface area (Å²) in [6, 6.07) is -0.977. The van der Waals surface area contributed by atoms with Crippen LogP contribution in [-0.2, 0) is 4.79 Å². The van der Waals surface area contributed by atoms with Crippen molar-refractivity contribution in [3.05, 3.63) is 0 Å². The molecule has 0 saturated heterocycles. The Balaban J connectivity index is 0. The summed E-state index contributed by atoms with van der Waals surface area (Å²) in [7, 11) is 0. The number of nitrogens with zero attached hydrogens (tertiary/aromatic N) is 2. The van der Waals surface area contributed by atoms with Gasteiger partial charge in [-0.1, -0.05) is 13.8 Å². The minimum Gasteiger partial charge on any atom is -0.861 e. The van der Waals surface area contributed by atoms with E-state index in [0.29, 0.717) is 6.42 Å². The predicted molar refractivity (Wildman–Crippen MR) is 42.8 cm³/mol. The molecule has 5 nitrogen and oxygen atoms in total. The average Bonchev–Trinajstić information content (AvgIpc) is 1.96. The SMILES string of the molecule is CC(C)CC1C(=O)N=C([O-])N=C1[O-].[Na+].[Na+]. The van der Waals surface area contributed by atoms with E-state index in [2.05, 4.69) is 9.98 Å². The van der Waals surface area contributed by atoms with Crippen molar-refractivity contribution in [1.82, 2.24) is 0 Å². The molecule has 15 heavy (non-hydrogen) atoms. The standard InChI is InChI=1S/C8H12N2O3.2Na/c1-4(2)3-5-6(11)9-8(13)10-7(5)12;;/h4-5H,3H2,1-2H3,(H2,9,10,11,12,13);;/q;2*+1/p-2. The molecular formula is C8H10N2Na2O3. The first-order valence-corrected chi connectivity index (χ1v) is 4.06. The van der Waals surface area contributed by atoms with Gasteiger partial charge in [-0.3, -0.25) is 9.79 Å². The summed E-state index contributed by atoms with van der Waals surface area (Å²) < 4.78 is 0. The van der Waals surface area contributed by atoms with Crippen molar-refractivity contribution in [3.63, 3.8) is 0 Å². The topological polar surface area (TPSA) is 87.9 Å². The van der Waals surface area contributed by atoms with Crippen LogP contribution in [0.1, 0.15) is 20.3 Å². The third-order valence-corrected chi connectivity index (χ3v) is 1.71. The summed E-state index contributed by atoms with van der Waals surface area (Å²) in [6.45, 7) is 3.77. The van der Waals surface area contributed by atoms with Crippen LogP contribution in [0.4, 0.5) is 0 Å². The normalized spacial score (nSPS) is 19.9. The maximum absolute atomic E-state index is 11.1. The maximum atomic E-state index is 11.1. The van der Waals surface area contributed by atoms with E-state index in [9.17, 15) is 15.0 Å². The second kappa shape index (κ2) is 7.81. The fraction of sp³-hybridized carbons (Fsp3) is 0.625. The van der Waals surface area contributed by atoms with Crippen LogP contribution in [-0.4, -0.2) is 17.8 Å². The van der Waals surface area contributed by atoms with Crippen LogP contribution in [0.25, 0.3) is 0 Å². The fourth-order valence-electron chi connectivity index (χ4n) is 1.15. The third-order valence-electron chi connectivity index (χ3n) is 1.71. The van der Waals surface area contributed by atoms with Crippen molar-refractivity contribution >= 4 is 17.8 Å². The summed E-state index contributed by atoms with van der Waals surface area (Å²) in [5, 5.41) is 21.6. The number of hydrogen-bond acceptors (Lipinski definition) is 4. The van der Waals surface area contributed by atoms with Gasteiger partial charge in [0.15, 0.2) is 0 Å². The van der Waals surface area contributed by atoms with E-state index >= 15 is 0 Å². The summed E-state index contributed by atoms with van der Waals surface area (Å²) in [5.74, 6) is -1.94. The van der Waals surface area contributed by atoms with Crippen molar-refractivity contribution in [2.75, 3.05) is 0 Å². The Morgan fingerprint density at radius 2 is 1.80 bits per heavy atom. The van der Waals surface area contributed by atoms with E-state index < -0.39 is 23.7 Å². The number of carbonyl (C=O) groups is 1. The van der Waals surface area contributed by atoms with Crippen LogP contribution in [0, 0.1) is 11.8 Å². The van der Waals surface area contributed by atoms with E-state index in [-0.39, 0.29) is 65.0 Å². The number of rotatable bonds is 2. The molecule has 0 saturated carbocycles. The molecule has 1 unspecified atom stereocenters. The minimum absolute atomic E-state index is 0. The van der Waals surface area contributed by atoms with Gasteiger partial charge in [-0.25, -0.2) is 4.99 Å². The van der Waals surface area contributed by atoms with Crippen LogP contribution in [0.5, 0.6) is 0 Å². The molecule has 0 aliphatic carbocycles. The summed E-state index contributed by atoms with van der Waals surface area (Å²) in [4.78, 5) is 17.3. The van der Waals surface area contributed by atoms with Gasteiger partial charge in [-0.15, -0.1) is 0 Å². The first kappa shape index (κ1) is 18.0. The fourth-order valence-corrected chi connectivity index (χ4v) is 1.15. The number of hydrogen-bond donors (Lipinski definition) is 0. The van der Waals surface area contributed by atoms with E-state index in [1.165, 1.54) is 0 Å². The Morgan fingerprint density at radius 1 is 1.27 bits per heavy atom. The Hall–Kier alpha value is 0.610. The van der Waals surface area contributed by atoms with Gasteiger partial charge in [0.05, 0.1) is 11.9 Å². The minimum atomic E-state index is -0.977. The number of amides is 1. The average molecular weight is 228 g/mol. The molecule has 0 aromatic heterocycles. The van der Waals surface area contributed by atoms with Gasteiger partial charge >= 0.3 is 59.1 Å². The van der Waals surface area contributed by atoms with E-state index in [0.717, 1.165) is 0 Å². The molecule has 1 heterocycles. The molecule has 1 atom stereocenters. The van der Waals surface area contributed by atoms with Crippen LogP contribution in [0.15, 0.2) is 9.98 Å². The van der Waals surface area contributed by atoms with Crippen LogP contribution in [0.3, 0.4) is 0 Å². The second-order valence-electron chi connectivity index (χ2n) is 3.36. The third kappa shape index (κ3) is 5.47. The van der Waals surface area contributed by atoms with E-state index in [4.69, 9.17) is 0 Å². The quantitative estimate of drug-likeness (QED) is 0.440. The Labute approximate surface area is 133 Å². The Kier molecular flexibility index (Phi) is 9.37. The zero-order valence-corrected chi connectivity index (χ0v) is 13.5. The molecule has 7 heteroatoms. The van der Waals surface area contributed by atoms with Gasteiger partial charge in [0, 0.05) is 0 Å². The maximum Gasteiger partial charge on any atom is 1.00 e. The largest absolute Gasteiger partial charge is 1.00 e. The summed E-state index contributed by atoms with van der Waals surface area (Å²) >= 11 is 0. The van der Waals surface area contributed by atoms with E-state index in [1.807, 2.05) is 13.8 Å². The molecule has 72 valence electrons. The molecule has 1 amide bonds. The van der Waals surface area contributed by atoms with Gasteiger partial charge in [0.25, 0.3) is 5.91 Å². The molecule has 0 bridgehead atoms.